The summed E-state index contributed by atoms with van der Waals surface area (Å²) in [6, 6.07) is 6.84. The molecule has 0 radical (unpaired) electrons. The molecule has 3 aromatic heterocycles. The molecule has 1 N–H and O–H groups in total. The lowest BCUT2D eigenvalue weighted by atomic mass is 10.1. The number of hydrogen-bond donors (Lipinski definition) is 1. The number of benzene rings is 1. The fourth-order valence-corrected chi connectivity index (χ4v) is 3.26. The normalized spacial score (nSPS) is 12.3. The largest absolute Gasteiger partial charge is 0.388 e. The van der Waals surface area contributed by atoms with Crippen molar-refractivity contribution in [1.29, 1.82) is 0 Å². The second-order valence-electron chi connectivity index (χ2n) is 6.61. The number of rotatable bonds is 6. The van der Waals surface area contributed by atoms with Gasteiger partial charge in [-0.25, -0.2) is 4.68 Å². The molecule has 30 heavy (non-hydrogen) atoms. The molecule has 1 aromatic carbocycles. The zero-order valence-electron chi connectivity index (χ0n) is 15.7. The predicted octanol–water partition coefficient (Wildman–Crippen LogP) is 2.66. The molecule has 0 unspecified atom stereocenters. The minimum absolute atomic E-state index is 0.0240. The lowest BCUT2D eigenvalue weighted by molar-refractivity contribution is 0.174. The van der Waals surface area contributed by atoms with Crippen LogP contribution in [0.4, 0.5) is 0 Å². The maximum atomic E-state index is 12.6. The van der Waals surface area contributed by atoms with Gasteiger partial charge >= 0.3 is 0 Å². The van der Waals surface area contributed by atoms with Crippen molar-refractivity contribution in [2.45, 2.75) is 19.1 Å². The van der Waals surface area contributed by atoms with Gasteiger partial charge < -0.3 is 9.63 Å². The van der Waals surface area contributed by atoms with E-state index in [2.05, 4.69) is 20.3 Å². The number of aromatic nitrogens is 6. The second-order valence-corrected chi connectivity index (χ2v) is 7.43. The van der Waals surface area contributed by atoms with Gasteiger partial charge in [0, 0.05) is 35.8 Å². The predicted molar refractivity (Wildman–Crippen MR) is 109 cm³/mol. The molecule has 9 nitrogen and oxygen atoms in total. The molecule has 0 saturated heterocycles. The summed E-state index contributed by atoms with van der Waals surface area (Å²) >= 11 is 12.1. The highest BCUT2D eigenvalue weighted by Crippen LogP contribution is 2.23. The molecular weight excluding hydrogens is 431 g/mol. The van der Waals surface area contributed by atoms with Crippen molar-refractivity contribution >= 4 is 23.2 Å². The number of aliphatic hydroxyl groups excluding tert-OH is 1. The quantitative estimate of drug-likeness (QED) is 0.484. The summed E-state index contributed by atoms with van der Waals surface area (Å²) in [5, 5.41) is 23.0. The van der Waals surface area contributed by atoms with E-state index in [-0.39, 0.29) is 23.9 Å². The van der Waals surface area contributed by atoms with Crippen LogP contribution in [-0.2, 0) is 20.0 Å². The van der Waals surface area contributed by atoms with Crippen LogP contribution in [0, 0.1) is 0 Å². The van der Waals surface area contributed by atoms with Crippen molar-refractivity contribution in [3.05, 3.63) is 80.5 Å². The van der Waals surface area contributed by atoms with Crippen molar-refractivity contribution in [3.8, 4) is 11.1 Å². The SMILES string of the molecule is Cn1cc(-c2cnn(Cc3nc(C[C@H](O)c4ccc(Cl)cc4)no3)c(=O)c2Cl)cn1. The van der Waals surface area contributed by atoms with E-state index in [1.165, 1.54) is 6.20 Å². The molecule has 0 saturated carbocycles. The van der Waals surface area contributed by atoms with Crippen LogP contribution in [0.3, 0.4) is 0 Å². The molecule has 0 aliphatic carbocycles. The zero-order valence-corrected chi connectivity index (χ0v) is 17.2. The van der Waals surface area contributed by atoms with Gasteiger partial charge in [-0.05, 0) is 17.7 Å². The van der Waals surface area contributed by atoms with Gasteiger partial charge in [0.2, 0.25) is 5.89 Å². The van der Waals surface area contributed by atoms with E-state index in [0.717, 1.165) is 4.68 Å². The standard InChI is InChI=1S/C19H16Cl2N6O3/c1-26-9-12(7-22-26)14-8-23-27(19(29)18(14)21)10-17-24-16(25-30-17)6-15(28)11-2-4-13(20)5-3-11/h2-5,7-9,15,28H,6,10H2,1H3/t15-/m0/s1. The van der Waals surface area contributed by atoms with Gasteiger partial charge in [0.15, 0.2) is 5.82 Å². The topological polar surface area (TPSA) is 112 Å². The molecule has 0 fully saturated rings. The fourth-order valence-electron chi connectivity index (χ4n) is 2.88. The number of halogens is 2. The number of aryl methyl sites for hydroxylation is 1. The summed E-state index contributed by atoms with van der Waals surface area (Å²) in [6.07, 6.45) is 4.16. The number of nitrogens with zero attached hydrogens (tertiary/aromatic N) is 6. The maximum Gasteiger partial charge on any atom is 0.286 e. The first kappa shape index (κ1) is 20.3. The Morgan fingerprint density at radius 1 is 1.17 bits per heavy atom. The average molecular weight is 447 g/mol. The summed E-state index contributed by atoms with van der Waals surface area (Å²) in [5.74, 6) is 0.478. The summed E-state index contributed by atoms with van der Waals surface area (Å²) in [7, 11) is 1.77. The van der Waals surface area contributed by atoms with Crippen molar-refractivity contribution < 1.29 is 9.63 Å². The summed E-state index contributed by atoms with van der Waals surface area (Å²) < 4.78 is 7.93. The first-order valence-corrected chi connectivity index (χ1v) is 9.66. The smallest absolute Gasteiger partial charge is 0.286 e. The molecule has 0 spiro atoms. The van der Waals surface area contributed by atoms with E-state index >= 15 is 0 Å². The Labute approximate surface area is 180 Å². The highest BCUT2D eigenvalue weighted by molar-refractivity contribution is 6.33. The Hall–Kier alpha value is -3.01. The van der Waals surface area contributed by atoms with Crippen LogP contribution >= 0.6 is 23.2 Å². The molecule has 4 aromatic rings. The third kappa shape index (κ3) is 4.28. The van der Waals surface area contributed by atoms with E-state index in [0.29, 0.717) is 27.5 Å². The van der Waals surface area contributed by atoms with E-state index in [1.54, 1.807) is 48.4 Å². The van der Waals surface area contributed by atoms with E-state index in [9.17, 15) is 9.90 Å². The molecule has 0 amide bonds. The van der Waals surface area contributed by atoms with Gasteiger partial charge in [-0.2, -0.15) is 15.2 Å². The molecule has 0 aliphatic rings. The third-order valence-corrected chi connectivity index (χ3v) is 5.04. The van der Waals surface area contributed by atoms with Crippen LogP contribution in [0.5, 0.6) is 0 Å². The number of aliphatic hydroxyl groups is 1. The highest BCUT2D eigenvalue weighted by Gasteiger charge is 2.17. The van der Waals surface area contributed by atoms with Crippen LogP contribution in [0.2, 0.25) is 10.0 Å². The monoisotopic (exact) mass is 446 g/mol. The van der Waals surface area contributed by atoms with Crippen molar-refractivity contribution in [2.75, 3.05) is 0 Å². The van der Waals surface area contributed by atoms with Crippen LogP contribution in [0.25, 0.3) is 11.1 Å². The van der Waals surface area contributed by atoms with Crippen LogP contribution in [-0.4, -0.2) is 34.8 Å². The first-order valence-electron chi connectivity index (χ1n) is 8.90. The fraction of sp³-hybridized carbons (Fsp3) is 0.211. The summed E-state index contributed by atoms with van der Waals surface area (Å²) in [4.78, 5) is 16.8. The lowest BCUT2D eigenvalue weighted by Gasteiger charge is -2.08. The Balaban J connectivity index is 1.49. The summed E-state index contributed by atoms with van der Waals surface area (Å²) in [6.45, 7) is -0.0457. The molecule has 0 aliphatic heterocycles. The Bertz CT molecular complexity index is 1230. The van der Waals surface area contributed by atoms with Gasteiger partial charge in [0.25, 0.3) is 5.56 Å². The van der Waals surface area contributed by atoms with E-state index < -0.39 is 11.7 Å². The summed E-state index contributed by atoms with van der Waals surface area (Å²) in [5.41, 5.74) is 1.37. The van der Waals surface area contributed by atoms with E-state index in [1.807, 2.05) is 0 Å². The van der Waals surface area contributed by atoms with Crippen molar-refractivity contribution in [1.82, 2.24) is 29.7 Å². The van der Waals surface area contributed by atoms with Crippen LogP contribution < -0.4 is 5.56 Å². The molecule has 3 heterocycles. The minimum atomic E-state index is -0.818. The lowest BCUT2D eigenvalue weighted by Crippen LogP contribution is -2.24. The number of hydrogen-bond acceptors (Lipinski definition) is 7. The van der Waals surface area contributed by atoms with Gasteiger partial charge in [-0.1, -0.05) is 40.5 Å². The van der Waals surface area contributed by atoms with Crippen LogP contribution in [0.15, 0.2) is 52.2 Å². The molecule has 0 bridgehead atoms. The van der Waals surface area contributed by atoms with Crippen molar-refractivity contribution in [2.24, 2.45) is 7.05 Å². The average Bonchev–Trinajstić information content (AvgIpc) is 3.35. The van der Waals surface area contributed by atoms with Crippen LogP contribution in [0.1, 0.15) is 23.4 Å². The molecule has 11 heteroatoms. The van der Waals surface area contributed by atoms with Gasteiger partial charge in [-0.3, -0.25) is 9.48 Å². The van der Waals surface area contributed by atoms with E-state index in [4.69, 9.17) is 27.7 Å². The maximum absolute atomic E-state index is 12.6. The molecule has 1 atom stereocenters. The molecule has 154 valence electrons. The highest BCUT2D eigenvalue weighted by atomic mass is 35.5. The zero-order chi connectivity index (χ0) is 21.3. The van der Waals surface area contributed by atoms with Crippen molar-refractivity contribution in [3.63, 3.8) is 0 Å². The van der Waals surface area contributed by atoms with Gasteiger partial charge in [0.1, 0.15) is 11.6 Å². The second kappa shape index (κ2) is 8.39. The van der Waals surface area contributed by atoms with Gasteiger partial charge in [0.05, 0.1) is 18.5 Å². The Kier molecular flexibility index (Phi) is 5.67. The minimum Gasteiger partial charge on any atom is -0.388 e. The Morgan fingerprint density at radius 2 is 1.93 bits per heavy atom. The molecule has 4 rings (SSSR count). The van der Waals surface area contributed by atoms with Gasteiger partial charge in [-0.15, -0.1) is 0 Å². The third-order valence-electron chi connectivity index (χ3n) is 4.43. The first-order chi connectivity index (χ1) is 14.4. The Morgan fingerprint density at radius 3 is 2.63 bits per heavy atom. The molecular formula is C19H16Cl2N6O3.